The van der Waals surface area contributed by atoms with Crippen LogP contribution in [0.2, 0.25) is 10.2 Å². The molecule has 0 aliphatic rings. The fourth-order valence-electron chi connectivity index (χ4n) is 2.37. The van der Waals surface area contributed by atoms with E-state index in [1.165, 1.54) is 6.07 Å². The fourth-order valence-corrected chi connectivity index (χ4v) is 2.78. The second-order valence-electron chi connectivity index (χ2n) is 4.95. The maximum Gasteiger partial charge on any atom is 0.275 e. The van der Waals surface area contributed by atoms with E-state index in [-0.39, 0.29) is 12.2 Å². The summed E-state index contributed by atoms with van der Waals surface area (Å²) < 4.78 is 1.75. The van der Waals surface area contributed by atoms with E-state index in [2.05, 4.69) is 10.3 Å². The van der Waals surface area contributed by atoms with Gasteiger partial charge in [-0.15, -0.1) is 0 Å². The Morgan fingerprint density at radius 2 is 2.09 bits per heavy atom. The molecule has 0 fully saturated rings. The van der Waals surface area contributed by atoms with Gasteiger partial charge in [0, 0.05) is 18.8 Å². The number of rotatable bonds is 4. The van der Waals surface area contributed by atoms with Crippen molar-refractivity contribution in [2.24, 2.45) is 0 Å². The lowest BCUT2D eigenvalue weighted by Crippen LogP contribution is -2.05. The van der Waals surface area contributed by atoms with Crippen molar-refractivity contribution in [3.05, 3.63) is 68.1 Å². The number of benzene rings is 1. The van der Waals surface area contributed by atoms with Crippen molar-refractivity contribution in [1.29, 1.82) is 0 Å². The third-order valence-electron chi connectivity index (χ3n) is 3.50. The van der Waals surface area contributed by atoms with Crippen molar-refractivity contribution in [2.45, 2.75) is 13.5 Å². The summed E-state index contributed by atoms with van der Waals surface area (Å²) in [7, 11) is 0. The highest BCUT2D eigenvalue weighted by molar-refractivity contribution is 6.31. The van der Waals surface area contributed by atoms with E-state index in [0.29, 0.717) is 27.1 Å². The molecule has 1 aromatic carbocycles. The van der Waals surface area contributed by atoms with Gasteiger partial charge < -0.3 is 5.32 Å². The van der Waals surface area contributed by atoms with Crippen LogP contribution in [0.25, 0.3) is 5.65 Å². The summed E-state index contributed by atoms with van der Waals surface area (Å²) >= 11 is 12.3. The van der Waals surface area contributed by atoms with E-state index >= 15 is 0 Å². The minimum Gasteiger partial charge on any atom is -0.378 e. The first-order valence-electron chi connectivity index (χ1n) is 6.78. The number of imidazole rings is 1. The lowest BCUT2D eigenvalue weighted by molar-refractivity contribution is -0.385. The minimum atomic E-state index is -0.444. The zero-order chi connectivity index (χ0) is 16.6. The molecule has 8 heteroatoms. The summed E-state index contributed by atoms with van der Waals surface area (Å²) in [5.41, 5.74) is 2.50. The average Bonchev–Trinajstić information content (AvgIpc) is 2.81. The van der Waals surface area contributed by atoms with E-state index in [0.717, 1.165) is 5.69 Å². The molecule has 0 radical (unpaired) electrons. The number of hydrogen-bond donors (Lipinski definition) is 1. The first-order valence-corrected chi connectivity index (χ1v) is 7.53. The van der Waals surface area contributed by atoms with Gasteiger partial charge in [-0.05, 0) is 25.1 Å². The molecule has 0 aliphatic heterocycles. The van der Waals surface area contributed by atoms with E-state index in [1.54, 1.807) is 22.7 Å². The molecule has 0 amide bonds. The molecule has 0 bridgehead atoms. The van der Waals surface area contributed by atoms with Crippen LogP contribution >= 0.6 is 23.2 Å². The first kappa shape index (κ1) is 15.6. The van der Waals surface area contributed by atoms with Gasteiger partial charge in [-0.2, -0.15) is 0 Å². The second kappa shape index (κ2) is 6.06. The summed E-state index contributed by atoms with van der Waals surface area (Å²) in [4.78, 5) is 15.1. The molecule has 1 N–H and O–H groups in total. The number of anilines is 1. The lowest BCUT2D eigenvalue weighted by Gasteiger charge is -2.09. The van der Waals surface area contributed by atoms with Crippen molar-refractivity contribution >= 4 is 40.2 Å². The second-order valence-corrected chi connectivity index (χ2v) is 5.72. The van der Waals surface area contributed by atoms with Crippen LogP contribution in [0, 0.1) is 17.0 Å². The monoisotopic (exact) mass is 350 g/mol. The van der Waals surface area contributed by atoms with Crippen molar-refractivity contribution in [3.63, 3.8) is 0 Å². The molecular weight excluding hydrogens is 339 g/mol. The zero-order valence-corrected chi connectivity index (χ0v) is 13.6. The van der Waals surface area contributed by atoms with Crippen LogP contribution in [-0.4, -0.2) is 14.3 Å². The number of nitro benzene ring substituents is 1. The third-order valence-corrected chi connectivity index (χ3v) is 4.31. The average molecular weight is 351 g/mol. The number of pyridine rings is 1. The number of halogens is 2. The van der Waals surface area contributed by atoms with E-state index in [4.69, 9.17) is 23.2 Å². The Kier molecular flexibility index (Phi) is 4.11. The van der Waals surface area contributed by atoms with Gasteiger partial charge in [0.05, 0.1) is 26.9 Å². The van der Waals surface area contributed by atoms with Crippen LogP contribution in [0.15, 0.2) is 36.5 Å². The SMILES string of the molecule is Cc1nc2c(NCc3c(Cl)cccc3[N+](=O)[O-])cccn2c1Cl. The van der Waals surface area contributed by atoms with Crippen LogP contribution in [0.3, 0.4) is 0 Å². The molecule has 0 spiro atoms. The molecule has 0 saturated carbocycles. The van der Waals surface area contributed by atoms with Crippen molar-refractivity contribution in [1.82, 2.24) is 9.38 Å². The molecule has 6 nitrogen and oxygen atoms in total. The molecule has 2 aromatic heterocycles. The van der Waals surface area contributed by atoms with Gasteiger partial charge >= 0.3 is 0 Å². The molecule has 23 heavy (non-hydrogen) atoms. The molecule has 3 aromatic rings. The van der Waals surface area contributed by atoms with Crippen LogP contribution in [-0.2, 0) is 6.54 Å². The van der Waals surface area contributed by atoms with Gasteiger partial charge in [0.15, 0.2) is 5.65 Å². The highest BCUT2D eigenvalue weighted by Crippen LogP contribution is 2.28. The number of aromatic nitrogens is 2. The van der Waals surface area contributed by atoms with Crippen LogP contribution < -0.4 is 5.32 Å². The van der Waals surface area contributed by atoms with Crippen molar-refractivity contribution in [3.8, 4) is 0 Å². The first-order chi connectivity index (χ1) is 11.0. The Morgan fingerprint density at radius 1 is 1.30 bits per heavy atom. The number of nitrogens with zero attached hydrogens (tertiary/aromatic N) is 3. The Balaban J connectivity index is 1.96. The topological polar surface area (TPSA) is 72.5 Å². The number of nitro groups is 1. The summed E-state index contributed by atoms with van der Waals surface area (Å²) in [6.45, 7) is 2.03. The predicted molar refractivity (Wildman–Crippen MR) is 90.4 cm³/mol. The third kappa shape index (κ3) is 2.83. The van der Waals surface area contributed by atoms with Gasteiger partial charge in [-0.3, -0.25) is 14.5 Å². The highest BCUT2D eigenvalue weighted by Gasteiger charge is 2.17. The summed E-state index contributed by atoms with van der Waals surface area (Å²) in [5, 5.41) is 15.2. The zero-order valence-electron chi connectivity index (χ0n) is 12.1. The van der Waals surface area contributed by atoms with Gasteiger partial charge in [0.2, 0.25) is 0 Å². The maximum atomic E-state index is 11.1. The minimum absolute atomic E-state index is 0.0190. The smallest absolute Gasteiger partial charge is 0.275 e. The van der Waals surface area contributed by atoms with Crippen LogP contribution in [0.1, 0.15) is 11.3 Å². The Hall–Kier alpha value is -2.31. The molecule has 0 aliphatic carbocycles. The van der Waals surface area contributed by atoms with E-state index in [1.807, 2.05) is 19.1 Å². The van der Waals surface area contributed by atoms with E-state index in [9.17, 15) is 10.1 Å². The van der Waals surface area contributed by atoms with E-state index < -0.39 is 4.92 Å². The number of fused-ring (bicyclic) bond motifs is 1. The highest BCUT2D eigenvalue weighted by atomic mass is 35.5. The van der Waals surface area contributed by atoms with Crippen molar-refractivity contribution < 1.29 is 4.92 Å². The Labute approximate surface area is 141 Å². The summed E-state index contributed by atoms with van der Waals surface area (Å²) in [6.07, 6.45) is 1.81. The number of aryl methyl sites for hydroxylation is 1. The molecular formula is C15H12Cl2N4O2. The van der Waals surface area contributed by atoms with Crippen LogP contribution in [0.5, 0.6) is 0 Å². The molecule has 0 unspecified atom stereocenters. The van der Waals surface area contributed by atoms with Gasteiger partial charge in [0.25, 0.3) is 5.69 Å². The molecule has 2 heterocycles. The summed E-state index contributed by atoms with van der Waals surface area (Å²) in [5.74, 6) is 0. The largest absolute Gasteiger partial charge is 0.378 e. The van der Waals surface area contributed by atoms with Gasteiger partial charge in [-0.1, -0.05) is 29.3 Å². The van der Waals surface area contributed by atoms with Crippen LogP contribution in [0.4, 0.5) is 11.4 Å². The predicted octanol–water partition coefficient (Wildman–Crippen LogP) is 4.47. The van der Waals surface area contributed by atoms with Gasteiger partial charge in [-0.25, -0.2) is 4.98 Å². The Morgan fingerprint density at radius 3 is 2.83 bits per heavy atom. The molecule has 0 atom stereocenters. The standard InChI is InChI=1S/C15H12Cl2N4O2/c1-9-14(17)20-7-3-5-12(15(20)19-9)18-8-10-11(16)4-2-6-13(10)21(22)23/h2-7,18H,8H2,1H3. The fraction of sp³-hybridized carbons (Fsp3) is 0.133. The molecule has 118 valence electrons. The number of nitrogens with one attached hydrogen (secondary N) is 1. The lowest BCUT2D eigenvalue weighted by atomic mass is 10.1. The van der Waals surface area contributed by atoms with Crippen molar-refractivity contribution in [2.75, 3.05) is 5.32 Å². The Bertz CT molecular complexity index is 908. The maximum absolute atomic E-state index is 11.1. The molecule has 3 rings (SSSR count). The normalized spacial score (nSPS) is 10.9. The summed E-state index contributed by atoms with van der Waals surface area (Å²) in [6, 6.07) is 8.27. The van der Waals surface area contributed by atoms with Gasteiger partial charge in [0.1, 0.15) is 5.15 Å². The quantitative estimate of drug-likeness (QED) is 0.556. The number of hydrogen-bond acceptors (Lipinski definition) is 4. The molecule has 0 saturated heterocycles.